The molecule has 0 unspecified atom stereocenters. The van der Waals surface area contributed by atoms with Crippen molar-refractivity contribution < 1.29 is 19.7 Å². The summed E-state index contributed by atoms with van der Waals surface area (Å²) in [5.74, 6) is -0.795. The Kier molecular flexibility index (Phi) is 4.17. The van der Waals surface area contributed by atoms with Crippen LogP contribution in [-0.2, 0) is 16.0 Å². The Morgan fingerprint density at radius 3 is 2.56 bits per heavy atom. The van der Waals surface area contributed by atoms with Crippen LogP contribution in [-0.4, -0.2) is 23.3 Å². The maximum Gasteiger partial charge on any atom is 0.308 e. The van der Waals surface area contributed by atoms with Crippen molar-refractivity contribution in [3.63, 3.8) is 0 Å². The summed E-state index contributed by atoms with van der Waals surface area (Å²) in [4.78, 5) is 11.4. The fraction of sp³-hybridized carbons (Fsp3) is 0.417. The second-order valence-corrected chi connectivity index (χ2v) is 3.66. The van der Waals surface area contributed by atoms with Gasteiger partial charge in [-0.2, -0.15) is 0 Å². The molecule has 1 rings (SSSR count). The molecule has 0 heterocycles. The number of hydrogen-bond donors (Lipinski definition) is 2. The number of rotatable bonds is 4. The van der Waals surface area contributed by atoms with Crippen LogP contribution in [0.4, 0.5) is 0 Å². The maximum atomic E-state index is 11.4. The van der Waals surface area contributed by atoms with Crippen LogP contribution in [0, 0.1) is 5.92 Å². The highest BCUT2D eigenvalue weighted by atomic mass is 16.5. The number of phenolic OH excluding ortho intramolecular Hbond substituents is 2. The average Bonchev–Trinajstić information content (AvgIpc) is 2.29. The Morgan fingerprint density at radius 1 is 1.38 bits per heavy atom. The van der Waals surface area contributed by atoms with Crippen molar-refractivity contribution in [3.8, 4) is 11.5 Å². The molecule has 1 atom stereocenters. The van der Waals surface area contributed by atoms with Gasteiger partial charge < -0.3 is 14.9 Å². The molecule has 1 aromatic rings. The summed E-state index contributed by atoms with van der Waals surface area (Å²) in [5.41, 5.74) is 0.799. The summed E-state index contributed by atoms with van der Waals surface area (Å²) in [6.07, 6.45) is 1.17. The Hall–Kier alpha value is -1.71. The van der Waals surface area contributed by atoms with E-state index in [2.05, 4.69) is 4.74 Å². The van der Waals surface area contributed by atoms with Gasteiger partial charge in [-0.25, -0.2) is 0 Å². The van der Waals surface area contributed by atoms with Gasteiger partial charge >= 0.3 is 5.97 Å². The maximum absolute atomic E-state index is 11.4. The van der Waals surface area contributed by atoms with E-state index in [9.17, 15) is 9.90 Å². The van der Waals surface area contributed by atoms with E-state index >= 15 is 0 Å². The van der Waals surface area contributed by atoms with Crippen LogP contribution in [0.2, 0.25) is 0 Å². The normalized spacial score (nSPS) is 12.1. The third-order valence-electron chi connectivity index (χ3n) is 2.55. The molecule has 1 aromatic carbocycles. The van der Waals surface area contributed by atoms with Gasteiger partial charge in [-0.1, -0.05) is 13.0 Å². The second-order valence-electron chi connectivity index (χ2n) is 3.66. The number of carbonyl (C=O) groups excluding carboxylic acids is 1. The average molecular weight is 224 g/mol. The van der Waals surface area contributed by atoms with Crippen LogP contribution < -0.4 is 0 Å². The summed E-state index contributed by atoms with van der Waals surface area (Å²) in [5, 5.41) is 18.5. The summed E-state index contributed by atoms with van der Waals surface area (Å²) >= 11 is 0. The molecule has 0 fully saturated rings. The van der Waals surface area contributed by atoms with Crippen molar-refractivity contribution in [3.05, 3.63) is 23.8 Å². The monoisotopic (exact) mass is 224 g/mol. The molecule has 0 aromatic heterocycles. The fourth-order valence-corrected chi connectivity index (χ4v) is 1.54. The quantitative estimate of drug-likeness (QED) is 0.605. The first kappa shape index (κ1) is 12.4. The van der Waals surface area contributed by atoms with Gasteiger partial charge in [0.15, 0.2) is 11.5 Å². The van der Waals surface area contributed by atoms with E-state index in [1.54, 1.807) is 6.07 Å². The van der Waals surface area contributed by atoms with Crippen LogP contribution in [0.15, 0.2) is 18.2 Å². The lowest BCUT2D eigenvalue weighted by Crippen LogP contribution is -2.17. The minimum atomic E-state index is -0.255. The van der Waals surface area contributed by atoms with Crippen LogP contribution in [0.3, 0.4) is 0 Å². The Morgan fingerprint density at radius 2 is 2.06 bits per heavy atom. The second kappa shape index (κ2) is 5.39. The zero-order valence-electron chi connectivity index (χ0n) is 9.43. The predicted octanol–water partition coefficient (Wildman–Crippen LogP) is 1.84. The standard InChI is InChI=1S/C12H16O4/c1-3-9(12(15)16-2)6-8-4-5-10(13)11(14)7-8/h4-5,7,9,13-14H,3,6H2,1-2H3/t9-/m0/s1. The molecule has 0 aliphatic carbocycles. The number of benzene rings is 1. The molecular formula is C12H16O4. The van der Waals surface area contributed by atoms with Crippen molar-refractivity contribution in [1.29, 1.82) is 0 Å². The van der Waals surface area contributed by atoms with E-state index in [0.717, 1.165) is 5.56 Å². The van der Waals surface area contributed by atoms with Crippen LogP contribution in [0.5, 0.6) is 11.5 Å². The highest BCUT2D eigenvalue weighted by Gasteiger charge is 2.17. The Balaban J connectivity index is 2.78. The molecule has 0 amide bonds. The van der Waals surface area contributed by atoms with E-state index in [-0.39, 0.29) is 23.4 Å². The van der Waals surface area contributed by atoms with Crippen molar-refractivity contribution in [1.82, 2.24) is 0 Å². The zero-order chi connectivity index (χ0) is 12.1. The van der Waals surface area contributed by atoms with Gasteiger partial charge in [0.05, 0.1) is 13.0 Å². The highest BCUT2D eigenvalue weighted by molar-refractivity contribution is 5.72. The molecule has 4 heteroatoms. The van der Waals surface area contributed by atoms with Gasteiger partial charge in [-0.3, -0.25) is 4.79 Å². The zero-order valence-corrected chi connectivity index (χ0v) is 9.43. The van der Waals surface area contributed by atoms with E-state index < -0.39 is 0 Å². The lowest BCUT2D eigenvalue weighted by atomic mass is 9.97. The molecule has 0 saturated carbocycles. The van der Waals surface area contributed by atoms with Crippen molar-refractivity contribution in [2.24, 2.45) is 5.92 Å². The molecule has 0 radical (unpaired) electrons. The first-order chi connectivity index (χ1) is 7.58. The third-order valence-corrected chi connectivity index (χ3v) is 2.55. The fourth-order valence-electron chi connectivity index (χ4n) is 1.54. The summed E-state index contributed by atoms with van der Waals surface area (Å²) in [6, 6.07) is 4.55. The van der Waals surface area contributed by atoms with Crippen molar-refractivity contribution in [2.45, 2.75) is 19.8 Å². The predicted molar refractivity (Wildman–Crippen MR) is 59.3 cm³/mol. The summed E-state index contributed by atoms with van der Waals surface area (Å²) < 4.78 is 4.68. The number of methoxy groups -OCH3 is 1. The topological polar surface area (TPSA) is 66.8 Å². The molecule has 88 valence electrons. The number of esters is 1. The molecular weight excluding hydrogens is 208 g/mol. The van der Waals surface area contributed by atoms with Crippen LogP contribution in [0.25, 0.3) is 0 Å². The van der Waals surface area contributed by atoms with Crippen molar-refractivity contribution in [2.75, 3.05) is 7.11 Å². The van der Waals surface area contributed by atoms with E-state index in [0.29, 0.717) is 12.8 Å². The lowest BCUT2D eigenvalue weighted by Gasteiger charge is -2.12. The van der Waals surface area contributed by atoms with Gasteiger partial charge in [-0.15, -0.1) is 0 Å². The van der Waals surface area contributed by atoms with Gasteiger partial charge in [0.2, 0.25) is 0 Å². The first-order valence-electron chi connectivity index (χ1n) is 5.17. The first-order valence-corrected chi connectivity index (χ1v) is 5.17. The largest absolute Gasteiger partial charge is 0.504 e. The molecule has 0 saturated heterocycles. The number of aromatic hydroxyl groups is 2. The van der Waals surface area contributed by atoms with Gasteiger partial charge in [0.25, 0.3) is 0 Å². The Labute approximate surface area is 94.5 Å². The number of ether oxygens (including phenoxy) is 1. The molecule has 16 heavy (non-hydrogen) atoms. The van der Waals surface area contributed by atoms with Crippen molar-refractivity contribution >= 4 is 5.97 Å². The lowest BCUT2D eigenvalue weighted by molar-refractivity contribution is -0.145. The summed E-state index contributed by atoms with van der Waals surface area (Å²) in [7, 11) is 1.36. The molecule has 0 spiro atoms. The van der Waals surface area contributed by atoms with E-state index in [1.807, 2.05) is 6.92 Å². The SMILES string of the molecule is CC[C@@H](Cc1ccc(O)c(O)c1)C(=O)OC. The highest BCUT2D eigenvalue weighted by Crippen LogP contribution is 2.26. The summed E-state index contributed by atoms with van der Waals surface area (Å²) in [6.45, 7) is 1.90. The van der Waals surface area contributed by atoms with Crippen LogP contribution >= 0.6 is 0 Å². The van der Waals surface area contributed by atoms with Gasteiger partial charge in [0.1, 0.15) is 0 Å². The molecule has 0 bridgehead atoms. The van der Waals surface area contributed by atoms with Crippen LogP contribution in [0.1, 0.15) is 18.9 Å². The molecule has 0 aliphatic heterocycles. The van der Waals surface area contributed by atoms with E-state index in [4.69, 9.17) is 5.11 Å². The molecule has 2 N–H and O–H groups in total. The number of carbonyl (C=O) groups is 1. The third kappa shape index (κ3) is 2.89. The minimum Gasteiger partial charge on any atom is -0.504 e. The Bertz CT molecular complexity index is 373. The molecule has 4 nitrogen and oxygen atoms in total. The van der Waals surface area contributed by atoms with Gasteiger partial charge in [0, 0.05) is 0 Å². The van der Waals surface area contributed by atoms with E-state index in [1.165, 1.54) is 19.2 Å². The molecule has 0 aliphatic rings. The minimum absolute atomic E-state index is 0.158. The number of phenols is 2. The smallest absolute Gasteiger partial charge is 0.308 e. The number of hydrogen-bond acceptors (Lipinski definition) is 4. The van der Waals surface area contributed by atoms with Gasteiger partial charge in [-0.05, 0) is 30.5 Å².